The quantitative estimate of drug-likeness (QED) is 0.250. The normalized spacial score (nSPS) is 12.9. The zero-order chi connectivity index (χ0) is 30.3. The van der Waals surface area contributed by atoms with Crippen LogP contribution in [0, 0.1) is 13.8 Å². The van der Waals surface area contributed by atoms with E-state index >= 15 is 0 Å². The fraction of sp³-hybridized carbons (Fsp3) is 0.355. The van der Waals surface area contributed by atoms with Crippen LogP contribution in [0.5, 0.6) is 0 Å². The van der Waals surface area contributed by atoms with Gasteiger partial charge in [-0.15, -0.1) is 0 Å². The predicted molar refractivity (Wildman–Crippen MR) is 166 cm³/mol. The molecule has 0 fully saturated rings. The summed E-state index contributed by atoms with van der Waals surface area (Å²) in [4.78, 5) is 29.1. The van der Waals surface area contributed by atoms with E-state index in [1.165, 1.54) is 17.0 Å². The zero-order valence-corrected chi connectivity index (χ0v) is 26.4. The number of nitrogens with zero attached hydrogens (tertiary/aromatic N) is 2. The summed E-state index contributed by atoms with van der Waals surface area (Å²) in [6.45, 7) is 8.75. The topological polar surface area (TPSA) is 86.8 Å². The molecule has 0 bridgehead atoms. The summed E-state index contributed by atoms with van der Waals surface area (Å²) in [6, 6.07) is 17.4. The largest absolute Gasteiger partial charge is 0.352 e. The fourth-order valence-electron chi connectivity index (χ4n) is 4.53. The first-order valence-electron chi connectivity index (χ1n) is 13.6. The standard InChI is InChI=1S/C31H37Cl2N3O4S/c1-6-23(5)34-31(38)28(7-2)35(19-25-26(32)14-11-15-27(25)33)30(37)20-36(29-17-16-21(3)18-22(29)4)41(39,40)24-12-9-8-10-13-24/h8-18,23,28H,6-7,19-20H2,1-5H3,(H,34,38). The lowest BCUT2D eigenvalue weighted by Crippen LogP contribution is -2.53. The third kappa shape index (κ3) is 7.82. The van der Waals surface area contributed by atoms with Crippen LogP contribution in [0.25, 0.3) is 0 Å². The number of amides is 2. The summed E-state index contributed by atoms with van der Waals surface area (Å²) < 4.78 is 29.1. The molecular weight excluding hydrogens is 581 g/mol. The molecule has 0 aliphatic carbocycles. The molecule has 3 rings (SSSR count). The monoisotopic (exact) mass is 617 g/mol. The number of aryl methyl sites for hydroxylation is 2. The lowest BCUT2D eigenvalue weighted by molar-refractivity contribution is -0.140. The number of hydrogen-bond donors (Lipinski definition) is 1. The highest BCUT2D eigenvalue weighted by Gasteiger charge is 2.35. The molecule has 0 spiro atoms. The lowest BCUT2D eigenvalue weighted by atomic mass is 10.1. The summed E-state index contributed by atoms with van der Waals surface area (Å²) in [5.74, 6) is -0.894. The minimum absolute atomic E-state index is 0.0510. The number of benzene rings is 3. The number of anilines is 1. The molecule has 2 unspecified atom stereocenters. The van der Waals surface area contributed by atoms with Crippen molar-refractivity contribution >= 4 is 50.7 Å². The first-order valence-corrected chi connectivity index (χ1v) is 15.8. The van der Waals surface area contributed by atoms with E-state index in [1.54, 1.807) is 62.4 Å². The van der Waals surface area contributed by atoms with E-state index in [-0.39, 0.29) is 23.4 Å². The summed E-state index contributed by atoms with van der Waals surface area (Å²) in [7, 11) is -4.15. The number of hydrogen-bond acceptors (Lipinski definition) is 4. The fourth-order valence-corrected chi connectivity index (χ4v) is 6.55. The van der Waals surface area contributed by atoms with Crippen molar-refractivity contribution in [2.75, 3.05) is 10.8 Å². The van der Waals surface area contributed by atoms with Gasteiger partial charge >= 0.3 is 0 Å². The van der Waals surface area contributed by atoms with Crippen molar-refractivity contribution in [3.05, 3.63) is 93.5 Å². The third-order valence-electron chi connectivity index (χ3n) is 7.01. The Balaban J connectivity index is 2.12. The minimum atomic E-state index is -4.15. The first kappa shape index (κ1) is 32.4. The van der Waals surface area contributed by atoms with Crippen molar-refractivity contribution in [3.63, 3.8) is 0 Å². The van der Waals surface area contributed by atoms with E-state index in [1.807, 2.05) is 26.8 Å². The van der Waals surface area contributed by atoms with Gasteiger partial charge in [-0.3, -0.25) is 13.9 Å². The maximum absolute atomic E-state index is 14.2. The Kier molecular flexibility index (Phi) is 11.2. The number of nitrogens with one attached hydrogen (secondary N) is 1. The Labute approximate surface area is 253 Å². The van der Waals surface area contributed by atoms with Gasteiger partial charge in [-0.1, -0.05) is 79.0 Å². The molecule has 3 aromatic carbocycles. The number of carbonyl (C=O) groups is 2. The van der Waals surface area contributed by atoms with Gasteiger partial charge in [-0.2, -0.15) is 0 Å². The summed E-state index contributed by atoms with van der Waals surface area (Å²) in [5, 5.41) is 3.64. The van der Waals surface area contributed by atoms with Gasteiger partial charge in [-0.25, -0.2) is 8.42 Å². The average molecular weight is 619 g/mol. The molecule has 0 aliphatic heterocycles. The van der Waals surface area contributed by atoms with Crippen LogP contribution < -0.4 is 9.62 Å². The van der Waals surface area contributed by atoms with Crippen molar-refractivity contribution in [1.82, 2.24) is 10.2 Å². The van der Waals surface area contributed by atoms with Gasteiger partial charge in [0.1, 0.15) is 12.6 Å². The molecule has 41 heavy (non-hydrogen) atoms. The maximum atomic E-state index is 14.2. The molecule has 10 heteroatoms. The molecule has 1 N–H and O–H groups in total. The lowest BCUT2D eigenvalue weighted by Gasteiger charge is -2.34. The smallest absolute Gasteiger partial charge is 0.264 e. The van der Waals surface area contributed by atoms with Gasteiger partial charge in [0.2, 0.25) is 11.8 Å². The Morgan fingerprint density at radius 2 is 1.54 bits per heavy atom. The molecule has 2 atom stereocenters. The second-order valence-corrected chi connectivity index (χ2v) is 12.8. The number of rotatable bonds is 12. The number of carbonyl (C=O) groups excluding carboxylic acids is 2. The van der Waals surface area contributed by atoms with Crippen LogP contribution in [0.15, 0.2) is 71.6 Å². The van der Waals surface area contributed by atoms with Crippen molar-refractivity contribution < 1.29 is 18.0 Å². The second-order valence-electron chi connectivity index (χ2n) is 10.1. The Morgan fingerprint density at radius 1 is 0.902 bits per heavy atom. The SMILES string of the molecule is CCC(C)NC(=O)C(CC)N(Cc1c(Cl)cccc1Cl)C(=O)CN(c1ccc(C)cc1C)S(=O)(=O)c1ccccc1. The molecule has 0 aromatic heterocycles. The predicted octanol–water partition coefficient (Wildman–Crippen LogP) is 6.53. The Bertz CT molecular complexity index is 1460. The molecule has 0 saturated heterocycles. The number of halogens is 2. The van der Waals surface area contributed by atoms with E-state index in [4.69, 9.17) is 23.2 Å². The van der Waals surface area contributed by atoms with Crippen LogP contribution in [-0.2, 0) is 26.2 Å². The maximum Gasteiger partial charge on any atom is 0.264 e. The van der Waals surface area contributed by atoms with Gasteiger partial charge in [-0.05, 0) is 69.5 Å². The van der Waals surface area contributed by atoms with Gasteiger partial charge in [0, 0.05) is 28.2 Å². The van der Waals surface area contributed by atoms with Gasteiger partial charge in [0.25, 0.3) is 10.0 Å². The van der Waals surface area contributed by atoms with Crippen LogP contribution in [0.1, 0.15) is 50.3 Å². The van der Waals surface area contributed by atoms with Crippen LogP contribution in [0.4, 0.5) is 5.69 Å². The van der Waals surface area contributed by atoms with E-state index < -0.39 is 28.5 Å². The molecule has 0 aliphatic rings. The minimum Gasteiger partial charge on any atom is -0.352 e. The van der Waals surface area contributed by atoms with Crippen molar-refractivity contribution in [1.29, 1.82) is 0 Å². The molecule has 0 radical (unpaired) electrons. The Morgan fingerprint density at radius 3 is 2.10 bits per heavy atom. The summed E-state index contributed by atoms with van der Waals surface area (Å²) in [5.41, 5.74) is 2.50. The van der Waals surface area contributed by atoms with Crippen molar-refractivity contribution in [2.45, 2.75) is 71.0 Å². The molecule has 0 saturated carbocycles. The highest BCUT2D eigenvalue weighted by Crippen LogP contribution is 2.30. The van der Waals surface area contributed by atoms with Crippen molar-refractivity contribution in [3.8, 4) is 0 Å². The summed E-state index contributed by atoms with van der Waals surface area (Å²) >= 11 is 12.9. The molecule has 2 amide bonds. The molecule has 220 valence electrons. The highest BCUT2D eigenvalue weighted by molar-refractivity contribution is 7.92. The molecular formula is C31H37Cl2N3O4S. The summed E-state index contributed by atoms with van der Waals surface area (Å²) in [6.07, 6.45) is 1.01. The van der Waals surface area contributed by atoms with Crippen LogP contribution in [0.2, 0.25) is 10.0 Å². The van der Waals surface area contributed by atoms with Crippen LogP contribution >= 0.6 is 23.2 Å². The first-order chi connectivity index (χ1) is 19.4. The van der Waals surface area contributed by atoms with Gasteiger partial charge in [0.05, 0.1) is 10.6 Å². The van der Waals surface area contributed by atoms with Crippen LogP contribution in [-0.4, -0.2) is 43.8 Å². The van der Waals surface area contributed by atoms with E-state index in [9.17, 15) is 18.0 Å². The van der Waals surface area contributed by atoms with E-state index in [0.717, 1.165) is 9.87 Å². The van der Waals surface area contributed by atoms with E-state index in [2.05, 4.69) is 5.32 Å². The number of sulfonamides is 1. The Hall–Kier alpha value is -3.07. The van der Waals surface area contributed by atoms with Gasteiger partial charge in [0.15, 0.2) is 0 Å². The van der Waals surface area contributed by atoms with E-state index in [0.29, 0.717) is 39.7 Å². The molecule has 0 heterocycles. The molecule has 3 aromatic rings. The average Bonchev–Trinajstić information content (AvgIpc) is 2.93. The van der Waals surface area contributed by atoms with Crippen LogP contribution in [0.3, 0.4) is 0 Å². The second kappa shape index (κ2) is 14.2. The third-order valence-corrected chi connectivity index (χ3v) is 9.49. The highest BCUT2D eigenvalue weighted by atomic mass is 35.5. The molecule has 7 nitrogen and oxygen atoms in total. The zero-order valence-electron chi connectivity index (χ0n) is 24.0. The van der Waals surface area contributed by atoms with Crippen molar-refractivity contribution in [2.24, 2.45) is 0 Å². The van der Waals surface area contributed by atoms with Gasteiger partial charge < -0.3 is 10.2 Å².